The first kappa shape index (κ1) is 22.8. The summed E-state index contributed by atoms with van der Waals surface area (Å²) in [6.07, 6.45) is 7.53. The number of allylic oxidation sites excluding steroid dienone is 1. The van der Waals surface area contributed by atoms with Gasteiger partial charge < -0.3 is 19.5 Å². The lowest BCUT2D eigenvalue weighted by molar-refractivity contribution is -0.301. The van der Waals surface area contributed by atoms with Gasteiger partial charge in [-0.2, -0.15) is 4.89 Å². The molecule has 3 unspecified atom stereocenters. The lowest BCUT2D eigenvalue weighted by Gasteiger charge is -2.57. The standard InChI is InChI=1S/C25H38O6/c1-6-7-15(2)30-31-18-8-10-24(4)17(12-18)13-20(27)22-19(24)9-11-25(5)21(29-16(3)26)14-28-23(22)25/h13,18-23,27H,2,6-12,14H2,1,3-5H3/t18-,19?,20-,21-,22?,23?,24-,25+/m0/s1. The van der Waals surface area contributed by atoms with Crippen LogP contribution in [-0.2, 0) is 24.0 Å². The van der Waals surface area contributed by atoms with Gasteiger partial charge in [0.05, 0.1) is 18.8 Å². The van der Waals surface area contributed by atoms with Crippen LogP contribution in [0.2, 0.25) is 0 Å². The van der Waals surface area contributed by atoms with Crippen LogP contribution < -0.4 is 0 Å². The summed E-state index contributed by atoms with van der Waals surface area (Å²) in [5.74, 6) is 0.763. The summed E-state index contributed by atoms with van der Waals surface area (Å²) >= 11 is 0. The molecule has 1 saturated heterocycles. The number of hydrogen-bond acceptors (Lipinski definition) is 6. The molecule has 2 saturated carbocycles. The lowest BCUT2D eigenvalue weighted by Crippen LogP contribution is -2.58. The van der Waals surface area contributed by atoms with Gasteiger partial charge in [-0.3, -0.25) is 4.79 Å². The SMILES string of the molecule is C=C(CCC)OO[C@H]1CC[C@@]2(C)C(=C[C@H](O)C3C2CC[C@@]2(C)C3OC[C@@H]2OC(C)=O)C1. The summed E-state index contributed by atoms with van der Waals surface area (Å²) in [5.41, 5.74) is 1.05. The summed E-state index contributed by atoms with van der Waals surface area (Å²) in [6.45, 7) is 12.4. The lowest BCUT2D eigenvalue weighted by atomic mass is 9.49. The Morgan fingerprint density at radius 3 is 2.81 bits per heavy atom. The maximum Gasteiger partial charge on any atom is 0.303 e. The van der Waals surface area contributed by atoms with Crippen molar-refractivity contribution in [2.75, 3.05) is 6.61 Å². The fourth-order valence-electron chi connectivity index (χ4n) is 6.75. The summed E-state index contributed by atoms with van der Waals surface area (Å²) in [4.78, 5) is 22.7. The third-order valence-electron chi connectivity index (χ3n) is 8.51. The van der Waals surface area contributed by atoms with Gasteiger partial charge in [0.2, 0.25) is 0 Å². The molecule has 0 radical (unpaired) electrons. The smallest absolute Gasteiger partial charge is 0.303 e. The molecule has 3 fully saturated rings. The van der Waals surface area contributed by atoms with Crippen LogP contribution in [0.15, 0.2) is 24.0 Å². The van der Waals surface area contributed by atoms with Crippen molar-refractivity contribution < 1.29 is 29.1 Å². The van der Waals surface area contributed by atoms with Crippen molar-refractivity contribution in [1.29, 1.82) is 0 Å². The van der Waals surface area contributed by atoms with Crippen LogP contribution in [0.25, 0.3) is 0 Å². The molecule has 1 N–H and O–H groups in total. The zero-order valence-corrected chi connectivity index (χ0v) is 19.4. The van der Waals surface area contributed by atoms with E-state index in [0.717, 1.165) is 44.9 Å². The highest BCUT2D eigenvalue weighted by atomic mass is 17.2. The third kappa shape index (κ3) is 3.96. The van der Waals surface area contributed by atoms with E-state index in [1.807, 2.05) is 6.08 Å². The highest BCUT2D eigenvalue weighted by Crippen LogP contribution is 2.62. The first-order valence-corrected chi connectivity index (χ1v) is 11.9. The van der Waals surface area contributed by atoms with E-state index >= 15 is 0 Å². The fraction of sp³-hybridized carbons (Fsp3) is 0.800. The number of carbonyl (C=O) groups is 1. The average Bonchev–Trinajstić information content (AvgIpc) is 3.03. The minimum absolute atomic E-state index is 0.0124. The van der Waals surface area contributed by atoms with Gasteiger partial charge in [0.1, 0.15) is 18.0 Å². The van der Waals surface area contributed by atoms with Crippen molar-refractivity contribution >= 4 is 5.97 Å². The summed E-state index contributed by atoms with van der Waals surface area (Å²) in [6, 6.07) is 0. The van der Waals surface area contributed by atoms with Gasteiger partial charge >= 0.3 is 5.97 Å². The summed E-state index contributed by atoms with van der Waals surface area (Å²) in [5, 5.41) is 11.2. The predicted octanol–water partition coefficient (Wildman–Crippen LogP) is 4.47. The number of aliphatic hydroxyl groups excluding tert-OH is 1. The van der Waals surface area contributed by atoms with Crippen LogP contribution in [0, 0.1) is 22.7 Å². The van der Waals surface area contributed by atoms with Crippen molar-refractivity contribution in [3.8, 4) is 0 Å². The van der Waals surface area contributed by atoms with E-state index in [4.69, 9.17) is 19.2 Å². The molecule has 0 bridgehead atoms. The third-order valence-corrected chi connectivity index (χ3v) is 8.51. The van der Waals surface area contributed by atoms with Crippen molar-refractivity contribution in [2.45, 2.75) is 97.1 Å². The number of rotatable bonds is 6. The van der Waals surface area contributed by atoms with E-state index in [2.05, 4.69) is 27.4 Å². The number of esters is 1. The van der Waals surface area contributed by atoms with E-state index in [1.54, 1.807) is 0 Å². The number of aliphatic hydroxyl groups is 1. The Morgan fingerprint density at radius 2 is 2.10 bits per heavy atom. The van der Waals surface area contributed by atoms with Gasteiger partial charge in [0.25, 0.3) is 0 Å². The number of hydrogen-bond donors (Lipinski definition) is 1. The Kier molecular flexibility index (Phi) is 6.27. The van der Waals surface area contributed by atoms with Gasteiger partial charge in [-0.25, -0.2) is 0 Å². The quantitative estimate of drug-likeness (QED) is 0.219. The minimum Gasteiger partial charge on any atom is -0.459 e. The van der Waals surface area contributed by atoms with Crippen LogP contribution in [0.4, 0.5) is 0 Å². The Labute approximate surface area is 185 Å². The van der Waals surface area contributed by atoms with Gasteiger partial charge in [-0.05, 0) is 49.9 Å². The largest absolute Gasteiger partial charge is 0.459 e. The molecule has 4 rings (SSSR count). The Balaban J connectivity index is 1.50. The van der Waals surface area contributed by atoms with Gasteiger partial charge in [0, 0.05) is 24.7 Å². The van der Waals surface area contributed by atoms with Crippen LogP contribution >= 0.6 is 0 Å². The molecule has 6 heteroatoms. The Bertz CT molecular complexity index is 746. The molecule has 0 spiro atoms. The number of carbonyl (C=O) groups excluding carboxylic acids is 1. The van der Waals surface area contributed by atoms with Crippen LogP contribution in [0.5, 0.6) is 0 Å². The molecule has 1 heterocycles. The highest BCUT2D eigenvalue weighted by molar-refractivity contribution is 5.66. The maximum atomic E-state index is 11.6. The first-order chi connectivity index (χ1) is 14.7. The second-order valence-corrected chi connectivity index (χ2v) is 10.5. The molecule has 31 heavy (non-hydrogen) atoms. The second-order valence-electron chi connectivity index (χ2n) is 10.5. The zero-order chi connectivity index (χ0) is 22.4. The Hall–Kier alpha value is -1.37. The molecule has 1 aliphatic heterocycles. The van der Waals surface area contributed by atoms with Crippen molar-refractivity contribution in [1.82, 2.24) is 0 Å². The normalized spacial score (nSPS) is 43.8. The van der Waals surface area contributed by atoms with E-state index < -0.39 is 6.10 Å². The van der Waals surface area contributed by atoms with Crippen LogP contribution in [0.1, 0.15) is 72.6 Å². The second kappa shape index (κ2) is 8.53. The topological polar surface area (TPSA) is 74.2 Å². The minimum atomic E-state index is -0.566. The molecule has 4 aliphatic rings. The molecule has 0 aromatic rings. The molecule has 0 aromatic carbocycles. The van der Waals surface area contributed by atoms with E-state index in [0.29, 0.717) is 18.3 Å². The highest BCUT2D eigenvalue weighted by Gasteiger charge is 2.62. The predicted molar refractivity (Wildman–Crippen MR) is 116 cm³/mol. The molecular weight excluding hydrogens is 396 g/mol. The summed E-state index contributed by atoms with van der Waals surface area (Å²) < 4.78 is 11.8. The molecular formula is C25H38O6. The molecule has 174 valence electrons. The fourth-order valence-corrected chi connectivity index (χ4v) is 6.75. The summed E-state index contributed by atoms with van der Waals surface area (Å²) in [7, 11) is 0. The first-order valence-electron chi connectivity index (χ1n) is 11.9. The van der Waals surface area contributed by atoms with Crippen molar-refractivity contribution in [3.63, 3.8) is 0 Å². The molecule has 0 aromatic heterocycles. The average molecular weight is 435 g/mol. The number of fused-ring (bicyclic) bond motifs is 5. The molecule has 0 amide bonds. The van der Waals surface area contributed by atoms with Crippen molar-refractivity contribution in [3.05, 3.63) is 24.0 Å². The maximum absolute atomic E-state index is 11.6. The van der Waals surface area contributed by atoms with Crippen molar-refractivity contribution in [2.24, 2.45) is 22.7 Å². The Morgan fingerprint density at radius 1 is 1.32 bits per heavy atom. The zero-order valence-electron chi connectivity index (χ0n) is 19.4. The van der Waals surface area contributed by atoms with Crippen LogP contribution in [-0.4, -0.2) is 42.1 Å². The van der Waals surface area contributed by atoms with Gasteiger partial charge in [0.15, 0.2) is 0 Å². The van der Waals surface area contributed by atoms with Gasteiger partial charge in [-0.15, -0.1) is 0 Å². The molecule has 6 nitrogen and oxygen atoms in total. The number of ether oxygens (including phenoxy) is 2. The molecule has 8 atom stereocenters. The van der Waals surface area contributed by atoms with E-state index in [9.17, 15) is 9.90 Å². The van der Waals surface area contributed by atoms with Crippen LogP contribution in [0.3, 0.4) is 0 Å². The molecule has 3 aliphatic carbocycles. The monoisotopic (exact) mass is 434 g/mol. The van der Waals surface area contributed by atoms with E-state index in [1.165, 1.54) is 12.5 Å². The van der Waals surface area contributed by atoms with Gasteiger partial charge in [-0.1, -0.05) is 39.0 Å². The van der Waals surface area contributed by atoms with E-state index in [-0.39, 0.29) is 41.0 Å².